The van der Waals surface area contributed by atoms with E-state index in [-0.39, 0.29) is 12.3 Å². The van der Waals surface area contributed by atoms with Crippen LogP contribution in [-0.4, -0.2) is 25.0 Å². The number of anilines is 2. The molecule has 2 rings (SSSR count). The van der Waals surface area contributed by atoms with Gasteiger partial charge < -0.3 is 10.2 Å². The minimum Gasteiger partial charge on any atom is -0.363 e. The second kappa shape index (κ2) is 6.78. The van der Waals surface area contributed by atoms with Crippen LogP contribution in [0.5, 0.6) is 0 Å². The number of nitrogens with one attached hydrogen (secondary N) is 1. The number of amides is 1. The normalized spacial score (nSPS) is 10.3. The van der Waals surface area contributed by atoms with E-state index in [2.05, 4.69) is 10.3 Å². The van der Waals surface area contributed by atoms with Gasteiger partial charge in [-0.1, -0.05) is 29.3 Å². The van der Waals surface area contributed by atoms with E-state index in [9.17, 15) is 4.79 Å². The molecule has 0 saturated carbocycles. The molecule has 110 valence electrons. The quantitative estimate of drug-likeness (QED) is 0.934. The van der Waals surface area contributed by atoms with Gasteiger partial charge in [-0.2, -0.15) is 0 Å². The Bertz CT molecular complexity index is 642. The fraction of sp³-hybridized carbons (Fsp3) is 0.200. The largest absolute Gasteiger partial charge is 0.363 e. The van der Waals surface area contributed by atoms with Gasteiger partial charge >= 0.3 is 0 Å². The summed E-state index contributed by atoms with van der Waals surface area (Å²) in [6.07, 6.45) is 1.86. The number of nitrogens with zero attached hydrogens (tertiary/aromatic N) is 2. The first kappa shape index (κ1) is 15.6. The van der Waals surface area contributed by atoms with Gasteiger partial charge in [-0.15, -0.1) is 0 Å². The van der Waals surface area contributed by atoms with E-state index in [4.69, 9.17) is 23.2 Å². The van der Waals surface area contributed by atoms with E-state index in [1.165, 1.54) is 0 Å². The summed E-state index contributed by atoms with van der Waals surface area (Å²) in [7, 11) is 3.82. The lowest BCUT2D eigenvalue weighted by atomic mass is 10.1. The highest BCUT2D eigenvalue weighted by Gasteiger charge is 2.07. The summed E-state index contributed by atoms with van der Waals surface area (Å²) in [4.78, 5) is 18.1. The molecule has 1 N–H and O–H groups in total. The molecule has 0 fully saturated rings. The Kier molecular flexibility index (Phi) is 5.04. The van der Waals surface area contributed by atoms with Gasteiger partial charge in [0.2, 0.25) is 5.91 Å². The lowest BCUT2D eigenvalue weighted by Gasteiger charge is -2.11. The average molecular weight is 324 g/mol. The highest BCUT2D eigenvalue weighted by atomic mass is 35.5. The van der Waals surface area contributed by atoms with Crippen LogP contribution in [0, 0.1) is 0 Å². The predicted octanol–water partition coefficient (Wildman–Crippen LogP) is 3.64. The molecule has 4 nitrogen and oxygen atoms in total. The summed E-state index contributed by atoms with van der Waals surface area (Å²) >= 11 is 11.8. The van der Waals surface area contributed by atoms with Crippen molar-refractivity contribution in [2.75, 3.05) is 24.3 Å². The lowest BCUT2D eigenvalue weighted by molar-refractivity contribution is -0.115. The molecule has 0 aliphatic rings. The van der Waals surface area contributed by atoms with Crippen LogP contribution in [0.25, 0.3) is 0 Å². The second-order valence-electron chi connectivity index (χ2n) is 4.77. The van der Waals surface area contributed by atoms with Crippen molar-refractivity contribution in [1.82, 2.24) is 4.98 Å². The number of hydrogen-bond donors (Lipinski definition) is 1. The van der Waals surface area contributed by atoms with E-state index >= 15 is 0 Å². The summed E-state index contributed by atoms with van der Waals surface area (Å²) in [5, 5.41) is 3.71. The molecule has 0 aliphatic carbocycles. The fourth-order valence-corrected chi connectivity index (χ4v) is 2.09. The molecule has 0 atom stereocenters. The Morgan fingerprint density at radius 1 is 1.19 bits per heavy atom. The number of hydrogen-bond acceptors (Lipinski definition) is 3. The minimum absolute atomic E-state index is 0.132. The summed E-state index contributed by atoms with van der Waals surface area (Å²) in [5.74, 6) is 0.699. The Balaban J connectivity index is 1.99. The van der Waals surface area contributed by atoms with E-state index < -0.39 is 0 Å². The summed E-state index contributed by atoms with van der Waals surface area (Å²) in [6, 6.07) is 8.81. The summed E-state index contributed by atoms with van der Waals surface area (Å²) in [5.41, 5.74) is 1.46. The maximum Gasteiger partial charge on any atom is 0.228 e. The van der Waals surface area contributed by atoms with Crippen LogP contribution < -0.4 is 10.2 Å². The lowest BCUT2D eigenvalue weighted by Crippen LogP contribution is -2.15. The number of rotatable bonds is 4. The van der Waals surface area contributed by atoms with Crippen LogP contribution in [-0.2, 0) is 11.2 Å². The van der Waals surface area contributed by atoms with Crippen molar-refractivity contribution < 1.29 is 4.79 Å². The van der Waals surface area contributed by atoms with Crippen molar-refractivity contribution in [2.45, 2.75) is 6.42 Å². The maximum absolute atomic E-state index is 12.0. The Morgan fingerprint density at radius 3 is 2.52 bits per heavy atom. The number of aromatic nitrogens is 1. The Hall–Kier alpha value is -1.78. The zero-order valence-corrected chi connectivity index (χ0v) is 13.2. The molecule has 2 aromatic rings. The molecule has 0 radical (unpaired) electrons. The van der Waals surface area contributed by atoms with Crippen molar-refractivity contribution in [3.63, 3.8) is 0 Å². The van der Waals surface area contributed by atoms with Gasteiger partial charge in [0.25, 0.3) is 0 Å². The van der Waals surface area contributed by atoms with E-state index in [0.717, 1.165) is 11.4 Å². The third kappa shape index (κ3) is 4.34. The maximum atomic E-state index is 12.0. The number of halogens is 2. The molecule has 0 aliphatic heterocycles. The topological polar surface area (TPSA) is 45.2 Å². The molecule has 0 unspecified atom stereocenters. The molecular formula is C15H15Cl2N3O. The van der Waals surface area contributed by atoms with Crippen LogP contribution in [0.15, 0.2) is 36.5 Å². The zero-order valence-electron chi connectivity index (χ0n) is 11.7. The Labute approximate surface area is 133 Å². The molecule has 6 heteroatoms. The summed E-state index contributed by atoms with van der Waals surface area (Å²) in [6.45, 7) is 0. The highest BCUT2D eigenvalue weighted by Crippen LogP contribution is 2.23. The van der Waals surface area contributed by atoms with Gasteiger partial charge in [-0.05, 0) is 29.8 Å². The van der Waals surface area contributed by atoms with E-state index in [1.807, 2.05) is 31.1 Å². The first-order valence-corrected chi connectivity index (χ1v) is 7.08. The van der Waals surface area contributed by atoms with Crippen molar-refractivity contribution in [3.8, 4) is 0 Å². The van der Waals surface area contributed by atoms with Crippen LogP contribution in [0.3, 0.4) is 0 Å². The van der Waals surface area contributed by atoms with Crippen molar-refractivity contribution >= 4 is 40.6 Å². The van der Waals surface area contributed by atoms with Crippen LogP contribution in [0.2, 0.25) is 10.0 Å². The second-order valence-corrected chi connectivity index (χ2v) is 5.59. The van der Waals surface area contributed by atoms with Crippen molar-refractivity contribution in [1.29, 1.82) is 0 Å². The molecule has 21 heavy (non-hydrogen) atoms. The van der Waals surface area contributed by atoms with Crippen LogP contribution >= 0.6 is 23.2 Å². The Morgan fingerprint density at radius 2 is 1.95 bits per heavy atom. The molecule has 0 bridgehead atoms. The van der Waals surface area contributed by atoms with Crippen LogP contribution in [0.1, 0.15) is 5.56 Å². The van der Waals surface area contributed by atoms with Gasteiger partial charge in [-0.3, -0.25) is 4.79 Å². The van der Waals surface area contributed by atoms with E-state index in [1.54, 1.807) is 24.4 Å². The standard InChI is InChI=1S/C15H15Cl2N3O/c1-20(2)14-6-4-11(9-18-14)19-15(21)8-10-3-5-12(16)13(17)7-10/h3-7,9H,8H2,1-2H3,(H,19,21). The SMILES string of the molecule is CN(C)c1ccc(NC(=O)Cc2ccc(Cl)c(Cl)c2)cn1. The molecule has 1 amide bonds. The third-order valence-corrected chi connectivity index (χ3v) is 3.58. The first-order chi connectivity index (χ1) is 9.95. The third-order valence-electron chi connectivity index (χ3n) is 2.84. The van der Waals surface area contributed by atoms with Gasteiger partial charge in [0.05, 0.1) is 28.4 Å². The fourth-order valence-electron chi connectivity index (χ4n) is 1.76. The van der Waals surface area contributed by atoms with Gasteiger partial charge in [0.15, 0.2) is 0 Å². The molecular weight excluding hydrogens is 309 g/mol. The van der Waals surface area contributed by atoms with E-state index in [0.29, 0.717) is 15.7 Å². The summed E-state index contributed by atoms with van der Waals surface area (Å²) < 4.78 is 0. The molecule has 1 heterocycles. The van der Waals surface area contributed by atoms with Gasteiger partial charge in [0.1, 0.15) is 5.82 Å². The van der Waals surface area contributed by atoms with Crippen molar-refractivity contribution in [2.24, 2.45) is 0 Å². The number of carbonyl (C=O) groups excluding carboxylic acids is 1. The highest BCUT2D eigenvalue weighted by molar-refractivity contribution is 6.42. The molecule has 1 aromatic carbocycles. The van der Waals surface area contributed by atoms with Crippen molar-refractivity contribution in [3.05, 3.63) is 52.1 Å². The van der Waals surface area contributed by atoms with Crippen LogP contribution in [0.4, 0.5) is 11.5 Å². The zero-order chi connectivity index (χ0) is 15.4. The number of pyridine rings is 1. The number of carbonyl (C=O) groups is 1. The molecule has 0 spiro atoms. The first-order valence-electron chi connectivity index (χ1n) is 6.33. The molecule has 0 saturated heterocycles. The smallest absolute Gasteiger partial charge is 0.228 e. The predicted molar refractivity (Wildman–Crippen MR) is 87.4 cm³/mol. The monoisotopic (exact) mass is 323 g/mol. The van der Waals surface area contributed by atoms with Gasteiger partial charge in [-0.25, -0.2) is 4.98 Å². The number of benzene rings is 1. The average Bonchev–Trinajstić information content (AvgIpc) is 2.43. The molecule has 1 aromatic heterocycles. The minimum atomic E-state index is -0.132. The van der Waals surface area contributed by atoms with Gasteiger partial charge in [0, 0.05) is 14.1 Å².